The topological polar surface area (TPSA) is 66.6 Å². The largest absolute Gasteiger partial charge is 0.493 e. The predicted octanol–water partition coefficient (Wildman–Crippen LogP) is 2.89. The van der Waals surface area contributed by atoms with Gasteiger partial charge in [-0.3, -0.25) is 0 Å². The van der Waals surface area contributed by atoms with Crippen molar-refractivity contribution in [2.45, 2.75) is 19.8 Å². The van der Waals surface area contributed by atoms with Crippen molar-refractivity contribution in [2.24, 2.45) is 0 Å². The normalized spacial score (nSPS) is 10.9. The summed E-state index contributed by atoms with van der Waals surface area (Å²) < 4.78 is 21.1. The molecular formula is C15H20N2O4. The zero-order chi connectivity index (χ0) is 15.2. The molecule has 6 heteroatoms. The van der Waals surface area contributed by atoms with Crippen LogP contribution in [0, 0.1) is 0 Å². The van der Waals surface area contributed by atoms with Gasteiger partial charge in [0.25, 0.3) is 0 Å². The highest BCUT2D eigenvalue weighted by Gasteiger charge is 2.14. The van der Waals surface area contributed by atoms with Crippen LogP contribution in [0.1, 0.15) is 25.7 Å². The van der Waals surface area contributed by atoms with Gasteiger partial charge in [0, 0.05) is 18.6 Å². The summed E-state index contributed by atoms with van der Waals surface area (Å²) in [5.74, 6) is 2.64. The van der Waals surface area contributed by atoms with Crippen LogP contribution in [0.15, 0.2) is 22.7 Å². The van der Waals surface area contributed by atoms with Gasteiger partial charge in [-0.25, -0.2) is 0 Å². The summed E-state index contributed by atoms with van der Waals surface area (Å²) in [6, 6.07) is 5.53. The fourth-order valence-corrected chi connectivity index (χ4v) is 1.75. The van der Waals surface area contributed by atoms with E-state index in [9.17, 15) is 0 Å². The molecule has 0 N–H and O–H groups in total. The smallest absolute Gasteiger partial charge is 0.229 e. The lowest BCUT2D eigenvalue weighted by atomic mass is 10.2. The maximum absolute atomic E-state index is 5.59. The first-order valence-corrected chi connectivity index (χ1v) is 6.79. The number of ether oxygens (including phenoxy) is 3. The SMILES string of the molecule is COCCOc1ccc(-c2noc(C(C)C)n2)cc1OC. The summed E-state index contributed by atoms with van der Waals surface area (Å²) in [6.45, 7) is 4.99. The van der Waals surface area contributed by atoms with E-state index >= 15 is 0 Å². The molecule has 0 aliphatic rings. The third-order valence-electron chi connectivity index (χ3n) is 2.90. The number of nitrogens with zero attached hydrogens (tertiary/aromatic N) is 2. The zero-order valence-electron chi connectivity index (χ0n) is 12.8. The lowest BCUT2D eigenvalue weighted by Gasteiger charge is -2.10. The molecule has 2 aromatic rings. The van der Waals surface area contributed by atoms with E-state index in [2.05, 4.69) is 10.1 Å². The molecule has 6 nitrogen and oxygen atoms in total. The van der Waals surface area contributed by atoms with Crippen molar-refractivity contribution in [1.29, 1.82) is 0 Å². The molecule has 1 heterocycles. The molecule has 0 aliphatic heterocycles. The molecule has 2 rings (SSSR count). The Morgan fingerprint density at radius 3 is 2.57 bits per heavy atom. The molecule has 0 amide bonds. The molecule has 21 heavy (non-hydrogen) atoms. The lowest BCUT2D eigenvalue weighted by Crippen LogP contribution is -2.05. The van der Waals surface area contributed by atoms with E-state index in [1.54, 1.807) is 14.2 Å². The van der Waals surface area contributed by atoms with Gasteiger partial charge in [-0.05, 0) is 18.2 Å². The van der Waals surface area contributed by atoms with Crippen LogP contribution >= 0.6 is 0 Å². The van der Waals surface area contributed by atoms with Crippen molar-refractivity contribution in [3.63, 3.8) is 0 Å². The Morgan fingerprint density at radius 2 is 1.95 bits per heavy atom. The number of benzene rings is 1. The second kappa shape index (κ2) is 7.08. The molecule has 0 saturated heterocycles. The molecule has 0 aliphatic carbocycles. The van der Waals surface area contributed by atoms with E-state index in [1.807, 2.05) is 32.0 Å². The zero-order valence-corrected chi connectivity index (χ0v) is 12.8. The Balaban J connectivity index is 2.21. The van der Waals surface area contributed by atoms with Gasteiger partial charge in [-0.15, -0.1) is 0 Å². The fraction of sp³-hybridized carbons (Fsp3) is 0.467. The Morgan fingerprint density at radius 1 is 1.14 bits per heavy atom. The van der Waals surface area contributed by atoms with Gasteiger partial charge in [0.15, 0.2) is 11.5 Å². The maximum atomic E-state index is 5.59. The third kappa shape index (κ3) is 3.72. The van der Waals surface area contributed by atoms with Crippen LogP contribution in [0.2, 0.25) is 0 Å². The van der Waals surface area contributed by atoms with Crippen molar-refractivity contribution in [3.8, 4) is 22.9 Å². The van der Waals surface area contributed by atoms with Crippen molar-refractivity contribution >= 4 is 0 Å². The first-order valence-electron chi connectivity index (χ1n) is 6.79. The number of hydrogen-bond donors (Lipinski definition) is 0. The minimum absolute atomic E-state index is 0.199. The standard InChI is InChI=1S/C15H20N2O4/c1-10(2)15-16-14(17-21-15)11-5-6-12(13(9-11)19-4)20-8-7-18-3/h5-6,9-10H,7-8H2,1-4H3. The van der Waals surface area contributed by atoms with Crippen LogP contribution in [0.4, 0.5) is 0 Å². The van der Waals surface area contributed by atoms with Crippen LogP contribution < -0.4 is 9.47 Å². The second-order valence-electron chi connectivity index (χ2n) is 4.82. The summed E-state index contributed by atoms with van der Waals surface area (Å²) in [5.41, 5.74) is 0.821. The van der Waals surface area contributed by atoms with Gasteiger partial charge in [-0.1, -0.05) is 19.0 Å². The van der Waals surface area contributed by atoms with Crippen LogP contribution in [0.25, 0.3) is 11.4 Å². The number of aromatic nitrogens is 2. The minimum atomic E-state index is 0.199. The van der Waals surface area contributed by atoms with Crippen molar-refractivity contribution in [1.82, 2.24) is 10.1 Å². The Kier molecular flexibility index (Phi) is 5.16. The lowest BCUT2D eigenvalue weighted by molar-refractivity contribution is 0.144. The Labute approximate surface area is 124 Å². The van der Waals surface area contributed by atoms with Gasteiger partial charge < -0.3 is 18.7 Å². The van der Waals surface area contributed by atoms with Gasteiger partial charge in [-0.2, -0.15) is 4.98 Å². The molecule has 0 saturated carbocycles. The first kappa shape index (κ1) is 15.3. The second-order valence-corrected chi connectivity index (χ2v) is 4.82. The van der Waals surface area contributed by atoms with Crippen LogP contribution in [-0.2, 0) is 4.74 Å². The van der Waals surface area contributed by atoms with Crippen molar-refractivity contribution in [3.05, 3.63) is 24.1 Å². The monoisotopic (exact) mass is 292 g/mol. The molecule has 114 valence electrons. The molecule has 0 fully saturated rings. The van der Waals surface area contributed by atoms with Gasteiger partial charge in [0.1, 0.15) is 6.61 Å². The molecule has 0 bridgehead atoms. The first-order chi connectivity index (χ1) is 10.2. The minimum Gasteiger partial charge on any atom is -0.493 e. The quantitative estimate of drug-likeness (QED) is 0.731. The number of rotatable bonds is 7. The highest BCUT2D eigenvalue weighted by molar-refractivity contribution is 5.60. The maximum Gasteiger partial charge on any atom is 0.229 e. The summed E-state index contributed by atoms with van der Waals surface area (Å²) in [4.78, 5) is 4.37. The average molecular weight is 292 g/mol. The van der Waals surface area contributed by atoms with E-state index in [4.69, 9.17) is 18.7 Å². The molecule has 0 unspecified atom stereocenters. The summed E-state index contributed by atoms with van der Waals surface area (Å²) in [5, 5.41) is 3.99. The van der Waals surface area contributed by atoms with Gasteiger partial charge in [0.05, 0.1) is 13.7 Å². The van der Waals surface area contributed by atoms with Crippen LogP contribution in [0.3, 0.4) is 0 Å². The molecule has 0 radical (unpaired) electrons. The molecule has 0 spiro atoms. The van der Waals surface area contributed by atoms with Crippen LogP contribution in [0.5, 0.6) is 11.5 Å². The van der Waals surface area contributed by atoms with E-state index in [-0.39, 0.29) is 5.92 Å². The van der Waals surface area contributed by atoms with Crippen molar-refractivity contribution in [2.75, 3.05) is 27.4 Å². The number of methoxy groups -OCH3 is 2. The molecular weight excluding hydrogens is 272 g/mol. The summed E-state index contributed by atoms with van der Waals surface area (Å²) in [7, 11) is 3.23. The Bertz CT molecular complexity index is 581. The average Bonchev–Trinajstić information content (AvgIpc) is 2.98. The highest BCUT2D eigenvalue weighted by atomic mass is 16.5. The van der Waals surface area contributed by atoms with Crippen LogP contribution in [-0.4, -0.2) is 37.6 Å². The molecule has 1 aromatic heterocycles. The molecule has 1 aromatic carbocycles. The fourth-order valence-electron chi connectivity index (χ4n) is 1.75. The van der Waals surface area contributed by atoms with Crippen molar-refractivity contribution < 1.29 is 18.7 Å². The predicted molar refractivity (Wildman–Crippen MR) is 77.7 cm³/mol. The molecule has 0 atom stereocenters. The van der Waals surface area contributed by atoms with E-state index in [0.29, 0.717) is 36.4 Å². The Hall–Kier alpha value is -2.08. The van der Waals surface area contributed by atoms with E-state index in [1.165, 1.54) is 0 Å². The number of hydrogen-bond acceptors (Lipinski definition) is 6. The highest BCUT2D eigenvalue weighted by Crippen LogP contribution is 2.31. The van der Waals surface area contributed by atoms with Gasteiger partial charge >= 0.3 is 0 Å². The van der Waals surface area contributed by atoms with E-state index < -0.39 is 0 Å². The van der Waals surface area contributed by atoms with E-state index in [0.717, 1.165) is 5.56 Å². The van der Waals surface area contributed by atoms with Gasteiger partial charge in [0.2, 0.25) is 11.7 Å². The summed E-state index contributed by atoms with van der Waals surface area (Å²) in [6.07, 6.45) is 0. The summed E-state index contributed by atoms with van der Waals surface area (Å²) >= 11 is 0. The third-order valence-corrected chi connectivity index (χ3v) is 2.90.